The van der Waals surface area contributed by atoms with Gasteiger partial charge in [0.05, 0.1) is 23.3 Å². The zero-order valence-corrected chi connectivity index (χ0v) is 18.4. The monoisotopic (exact) mass is 447 g/mol. The first kappa shape index (κ1) is 21.7. The van der Waals surface area contributed by atoms with Gasteiger partial charge in [0, 0.05) is 5.56 Å². The molecule has 0 saturated carbocycles. The number of benzene rings is 2. The lowest BCUT2D eigenvalue weighted by atomic mass is 10.1. The van der Waals surface area contributed by atoms with E-state index in [4.69, 9.17) is 0 Å². The number of aromatic nitrogens is 4. The Balaban J connectivity index is 1.83. The molecule has 1 amide bonds. The minimum Gasteiger partial charge on any atom is -0.320 e. The van der Waals surface area contributed by atoms with Crippen LogP contribution >= 0.6 is 11.8 Å². The quantitative estimate of drug-likeness (QED) is 0.371. The Morgan fingerprint density at radius 1 is 1.10 bits per heavy atom. The SMILES string of the molecule is CSc1nnn(-c2ccc(C(=O)Nc3cc(C)ccc3NNS(C)(=O)=O)c(C)c2)n1. The lowest BCUT2D eigenvalue weighted by molar-refractivity contribution is 0.102. The third kappa shape index (κ3) is 5.34. The molecule has 0 saturated heterocycles. The van der Waals surface area contributed by atoms with Crippen LogP contribution in [0.5, 0.6) is 0 Å². The molecule has 2 aromatic carbocycles. The lowest BCUT2D eigenvalue weighted by Crippen LogP contribution is -2.29. The van der Waals surface area contributed by atoms with E-state index in [0.717, 1.165) is 17.4 Å². The zero-order valence-electron chi connectivity index (χ0n) is 16.8. The molecule has 3 aromatic rings. The van der Waals surface area contributed by atoms with Crippen molar-refractivity contribution in [1.29, 1.82) is 0 Å². The third-order valence-electron chi connectivity index (χ3n) is 4.06. The van der Waals surface area contributed by atoms with Crippen molar-refractivity contribution >= 4 is 39.1 Å². The number of sulfonamides is 1. The average molecular weight is 448 g/mol. The fraction of sp³-hybridized carbons (Fsp3) is 0.222. The second kappa shape index (κ2) is 8.81. The Kier molecular flexibility index (Phi) is 6.39. The van der Waals surface area contributed by atoms with Gasteiger partial charge in [0.15, 0.2) is 0 Å². The molecule has 0 aliphatic rings. The maximum Gasteiger partial charge on any atom is 0.255 e. The Morgan fingerprint density at radius 2 is 1.87 bits per heavy atom. The van der Waals surface area contributed by atoms with Gasteiger partial charge >= 0.3 is 0 Å². The number of hydrogen-bond acceptors (Lipinski definition) is 8. The Bertz CT molecular complexity index is 1190. The van der Waals surface area contributed by atoms with Crippen LogP contribution in [0.3, 0.4) is 0 Å². The van der Waals surface area contributed by atoms with Gasteiger partial charge in [-0.3, -0.25) is 4.79 Å². The van der Waals surface area contributed by atoms with Gasteiger partial charge in [-0.05, 0) is 66.8 Å². The molecule has 0 fully saturated rings. The normalized spacial score (nSPS) is 11.3. The molecule has 1 heterocycles. The fourth-order valence-corrected chi connectivity index (χ4v) is 3.20. The van der Waals surface area contributed by atoms with Gasteiger partial charge in [0.25, 0.3) is 5.91 Å². The molecule has 1 aromatic heterocycles. The molecule has 158 valence electrons. The van der Waals surface area contributed by atoms with Crippen LogP contribution in [0.25, 0.3) is 5.69 Å². The van der Waals surface area contributed by atoms with Crippen LogP contribution in [0.1, 0.15) is 21.5 Å². The number of tetrazole rings is 1. The number of thioether (sulfide) groups is 1. The van der Waals surface area contributed by atoms with Crippen molar-refractivity contribution in [2.24, 2.45) is 0 Å². The summed E-state index contributed by atoms with van der Waals surface area (Å²) >= 11 is 1.39. The number of carbonyl (C=O) groups is 1. The number of anilines is 2. The van der Waals surface area contributed by atoms with Crippen LogP contribution in [0.2, 0.25) is 0 Å². The van der Waals surface area contributed by atoms with E-state index in [1.165, 1.54) is 16.6 Å². The summed E-state index contributed by atoms with van der Waals surface area (Å²) in [4.78, 5) is 16.5. The van der Waals surface area contributed by atoms with E-state index in [1.807, 2.05) is 20.1 Å². The Labute approximate surface area is 178 Å². The molecule has 12 heteroatoms. The van der Waals surface area contributed by atoms with E-state index in [-0.39, 0.29) is 5.91 Å². The second-order valence-corrected chi connectivity index (χ2v) is 9.09. The molecular weight excluding hydrogens is 426 g/mol. The summed E-state index contributed by atoms with van der Waals surface area (Å²) in [7, 11) is -3.46. The molecule has 0 aliphatic heterocycles. The third-order valence-corrected chi connectivity index (χ3v) is 5.06. The van der Waals surface area contributed by atoms with E-state index in [1.54, 1.807) is 36.4 Å². The molecule has 0 spiro atoms. The van der Waals surface area contributed by atoms with Crippen LogP contribution in [0, 0.1) is 13.8 Å². The maximum absolute atomic E-state index is 12.9. The van der Waals surface area contributed by atoms with Crippen molar-refractivity contribution in [2.75, 3.05) is 23.3 Å². The standard InChI is InChI=1S/C18H21N7O3S2/c1-11-5-8-15(20-24-30(4,27)28)16(9-11)19-17(26)14-7-6-13(10-12(14)2)25-22-18(29-3)21-23-25/h5-10,20,24H,1-4H3,(H,19,26). The van der Waals surface area contributed by atoms with Crippen molar-refractivity contribution in [3.8, 4) is 5.69 Å². The van der Waals surface area contributed by atoms with Crippen molar-refractivity contribution < 1.29 is 13.2 Å². The van der Waals surface area contributed by atoms with Gasteiger partial charge < -0.3 is 10.7 Å². The highest BCUT2D eigenvalue weighted by molar-refractivity contribution is 7.98. The molecule has 0 atom stereocenters. The van der Waals surface area contributed by atoms with Crippen molar-refractivity contribution in [2.45, 2.75) is 19.0 Å². The van der Waals surface area contributed by atoms with Crippen molar-refractivity contribution in [1.82, 2.24) is 25.0 Å². The van der Waals surface area contributed by atoms with Crippen molar-refractivity contribution in [3.63, 3.8) is 0 Å². The minimum absolute atomic E-state index is 0.330. The van der Waals surface area contributed by atoms with Gasteiger partial charge in [-0.1, -0.05) is 17.8 Å². The number of amides is 1. The molecule has 0 bridgehead atoms. The van der Waals surface area contributed by atoms with Gasteiger partial charge in [0.2, 0.25) is 15.2 Å². The number of rotatable bonds is 7. The minimum atomic E-state index is -3.46. The lowest BCUT2D eigenvalue weighted by Gasteiger charge is -2.15. The fourth-order valence-electron chi connectivity index (χ4n) is 2.63. The van der Waals surface area contributed by atoms with Crippen molar-refractivity contribution in [3.05, 3.63) is 53.1 Å². The summed E-state index contributed by atoms with van der Waals surface area (Å²) in [6.45, 7) is 3.68. The van der Waals surface area contributed by atoms with Crippen LogP contribution < -0.4 is 15.6 Å². The van der Waals surface area contributed by atoms with Gasteiger partial charge in [-0.25, -0.2) is 8.42 Å². The van der Waals surface area contributed by atoms with E-state index in [9.17, 15) is 13.2 Å². The first-order valence-corrected chi connectivity index (χ1v) is 11.9. The molecule has 0 radical (unpaired) electrons. The van der Waals surface area contributed by atoms with Gasteiger partial charge in [-0.2, -0.15) is 0 Å². The summed E-state index contributed by atoms with van der Waals surface area (Å²) < 4.78 is 22.7. The highest BCUT2D eigenvalue weighted by Gasteiger charge is 2.14. The molecule has 0 aliphatic carbocycles. The number of nitrogens with one attached hydrogen (secondary N) is 3. The number of hydrazine groups is 1. The van der Waals surface area contributed by atoms with E-state index >= 15 is 0 Å². The smallest absolute Gasteiger partial charge is 0.255 e. The first-order valence-electron chi connectivity index (χ1n) is 8.76. The molecule has 30 heavy (non-hydrogen) atoms. The predicted molar refractivity (Wildman–Crippen MR) is 116 cm³/mol. The van der Waals surface area contributed by atoms with Gasteiger partial charge in [0.1, 0.15) is 0 Å². The van der Waals surface area contributed by atoms with E-state index in [0.29, 0.717) is 27.8 Å². The largest absolute Gasteiger partial charge is 0.320 e. The molecule has 3 rings (SSSR count). The number of hydrogen-bond donors (Lipinski definition) is 3. The summed E-state index contributed by atoms with van der Waals surface area (Å²) in [5.74, 6) is -0.330. The summed E-state index contributed by atoms with van der Waals surface area (Å²) in [6.07, 6.45) is 2.89. The summed E-state index contributed by atoms with van der Waals surface area (Å²) in [5, 5.41) is 15.5. The molecular formula is C18H21N7O3S2. The summed E-state index contributed by atoms with van der Waals surface area (Å²) in [5.41, 5.74) is 6.26. The number of nitrogens with zero attached hydrogens (tertiary/aromatic N) is 4. The highest BCUT2D eigenvalue weighted by Crippen LogP contribution is 2.24. The van der Waals surface area contributed by atoms with Crippen LogP contribution in [-0.4, -0.2) is 47.0 Å². The first-order chi connectivity index (χ1) is 14.2. The van der Waals surface area contributed by atoms with E-state index < -0.39 is 10.0 Å². The second-order valence-electron chi connectivity index (χ2n) is 6.57. The zero-order chi connectivity index (χ0) is 21.9. The molecule has 3 N–H and O–H groups in total. The Morgan fingerprint density at radius 3 is 2.50 bits per heavy atom. The van der Waals surface area contributed by atoms with Crippen LogP contribution in [0.4, 0.5) is 11.4 Å². The van der Waals surface area contributed by atoms with Gasteiger partial charge in [-0.15, -0.1) is 19.8 Å². The predicted octanol–water partition coefficient (Wildman–Crippen LogP) is 2.13. The topological polar surface area (TPSA) is 131 Å². The molecule has 0 unspecified atom stereocenters. The average Bonchev–Trinajstić information content (AvgIpc) is 3.15. The summed E-state index contributed by atoms with van der Waals surface area (Å²) in [6, 6.07) is 10.4. The molecule has 10 nitrogen and oxygen atoms in total. The maximum atomic E-state index is 12.9. The van der Waals surface area contributed by atoms with Crippen LogP contribution in [-0.2, 0) is 10.0 Å². The Hall–Kier alpha value is -2.96. The highest BCUT2D eigenvalue weighted by atomic mass is 32.2. The number of aryl methyl sites for hydroxylation is 2. The van der Waals surface area contributed by atoms with E-state index in [2.05, 4.69) is 31.0 Å². The van der Waals surface area contributed by atoms with Crippen LogP contribution in [0.15, 0.2) is 41.6 Å². The number of carbonyl (C=O) groups excluding carboxylic acids is 1.